The molecule has 0 atom stereocenters. The maximum atomic E-state index is 11.8. The summed E-state index contributed by atoms with van der Waals surface area (Å²) in [5.74, 6) is -0.0403. The molecule has 0 spiro atoms. The lowest BCUT2D eigenvalue weighted by Crippen LogP contribution is -2.51. The van der Waals surface area contributed by atoms with E-state index in [2.05, 4.69) is 10.3 Å². The van der Waals surface area contributed by atoms with Crippen LogP contribution >= 0.6 is 11.3 Å². The van der Waals surface area contributed by atoms with Gasteiger partial charge in [0, 0.05) is 24.7 Å². The molecule has 0 unspecified atom stereocenters. The van der Waals surface area contributed by atoms with E-state index in [4.69, 9.17) is 0 Å². The van der Waals surface area contributed by atoms with Crippen molar-refractivity contribution in [1.82, 2.24) is 14.8 Å². The monoisotopic (exact) mass is 268 g/mol. The van der Waals surface area contributed by atoms with Crippen LogP contribution < -0.4 is 5.32 Å². The minimum Gasteiger partial charge on any atom is -0.362 e. The van der Waals surface area contributed by atoms with Gasteiger partial charge in [0.25, 0.3) is 0 Å². The number of likely N-dealkylation sites (N-methyl/N-ethyl adjacent to an activating group) is 1. The van der Waals surface area contributed by atoms with Crippen LogP contribution in [0.1, 0.15) is 11.8 Å². The standard InChI is InChI=1S/C11H16N4O2S/c1-3-12-11-13-4-8(18-11)5-15-7-9(16)14(2)6-10(15)17/h4H,3,5-7H2,1-2H3,(H,12,13). The van der Waals surface area contributed by atoms with Gasteiger partial charge in [-0.2, -0.15) is 0 Å². The second kappa shape index (κ2) is 5.34. The lowest BCUT2D eigenvalue weighted by molar-refractivity contribution is -0.149. The van der Waals surface area contributed by atoms with Crippen LogP contribution in [0.4, 0.5) is 5.13 Å². The highest BCUT2D eigenvalue weighted by Gasteiger charge is 2.27. The molecule has 0 aliphatic carbocycles. The van der Waals surface area contributed by atoms with Gasteiger partial charge in [-0.1, -0.05) is 0 Å². The molecule has 98 valence electrons. The highest BCUT2D eigenvalue weighted by Crippen LogP contribution is 2.20. The van der Waals surface area contributed by atoms with Gasteiger partial charge in [-0.15, -0.1) is 11.3 Å². The van der Waals surface area contributed by atoms with Gasteiger partial charge < -0.3 is 15.1 Å². The maximum absolute atomic E-state index is 11.8. The lowest BCUT2D eigenvalue weighted by atomic mass is 10.3. The van der Waals surface area contributed by atoms with Crippen molar-refractivity contribution >= 4 is 28.3 Å². The van der Waals surface area contributed by atoms with Gasteiger partial charge in [-0.05, 0) is 6.92 Å². The molecule has 1 aliphatic heterocycles. The summed E-state index contributed by atoms with van der Waals surface area (Å²) < 4.78 is 0. The zero-order valence-corrected chi connectivity index (χ0v) is 11.3. The first-order valence-electron chi connectivity index (χ1n) is 5.80. The fourth-order valence-electron chi connectivity index (χ4n) is 1.71. The molecule has 2 heterocycles. The predicted molar refractivity (Wildman–Crippen MR) is 69.3 cm³/mol. The van der Waals surface area contributed by atoms with Crippen LogP contribution in [0.3, 0.4) is 0 Å². The van der Waals surface area contributed by atoms with Crippen molar-refractivity contribution < 1.29 is 9.59 Å². The summed E-state index contributed by atoms with van der Waals surface area (Å²) in [6.07, 6.45) is 1.75. The normalized spacial score (nSPS) is 16.3. The highest BCUT2D eigenvalue weighted by atomic mass is 32.1. The highest BCUT2D eigenvalue weighted by molar-refractivity contribution is 7.15. The van der Waals surface area contributed by atoms with Crippen molar-refractivity contribution in [1.29, 1.82) is 0 Å². The van der Waals surface area contributed by atoms with Crippen molar-refractivity contribution in [3.63, 3.8) is 0 Å². The number of carbonyl (C=O) groups excluding carboxylic acids is 2. The first-order valence-corrected chi connectivity index (χ1v) is 6.62. The van der Waals surface area contributed by atoms with E-state index in [1.54, 1.807) is 18.1 Å². The molecule has 1 aliphatic rings. The Hall–Kier alpha value is -1.63. The first-order chi connectivity index (χ1) is 8.60. The van der Waals surface area contributed by atoms with Crippen molar-refractivity contribution in [2.75, 3.05) is 32.0 Å². The summed E-state index contributed by atoms with van der Waals surface area (Å²) >= 11 is 1.51. The molecular formula is C11H16N4O2S. The first kappa shape index (κ1) is 12.8. The fourth-order valence-corrected chi connectivity index (χ4v) is 2.61. The number of thiazole rings is 1. The third kappa shape index (κ3) is 2.79. The van der Waals surface area contributed by atoms with Gasteiger partial charge in [-0.3, -0.25) is 9.59 Å². The minimum absolute atomic E-state index is 0.0181. The summed E-state index contributed by atoms with van der Waals surface area (Å²) in [6, 6.07) is 0. The molecule has 2 amide bonds. The number of nitrogens with zero attached hydrogens (tertiary/aromatic N) is 3. The van der Waals surface area contributed by atoms with Crippen LogP contribution in [0, 0.1) is 0 Å². The van der Waals surface area contributed by atoms with Crippen LogP contribution in [0.15, 0.2) is 6.20 Å². The molecule has 0 saturated carbocycles. The molecule has 1 fully saturated rings. The van der Waals surface area contributed by atoms with Crippen LogP contribution in [0.2, 0.25) is 0 Å². The van der Waals surface area contributed by atoms with Gasteiger partial charge in [0.1, 0.15) is 6.54 Å². The van der Waals surface area contributed by atoms with Crippen molar-refractivity contribution in [3.05, 3.63) is 11.1 Å². The smallest absolute Gasteiger partial charge is 0.242 e. The summed E-state index contributed by atoms with van der Waals surface area (Å²) in [5.41, 5.74) is 0. The Morgan fingerprint density at radius 2 is 2.17 bits per heavy atom. The van der Waals surface area contributed by atoms with Gasteiger partial charge in [0.05, 0.1) is 13.1 Å². The molecule has 0 bridgehead atoms. The molecular weight excluding hydrogens is 252 g/mol. The molecule has 2 rings (SSSR count). The largest absolute Gasteiger partial charge is 0.362 e. The molecule has 1 N–H and O–H groups in total. The number of hydrogen-bond acceptors (Lipinski definition) is 5. The van der Waals surface area contributed by atoms with Crippen LogP contribution in [0.25, 0.3) is 0 Å². The quantitative estimate of drug-likeness (QED) is 0.857. The Morgan fingerprint density at radius 3 is 2.89 bits per heavy atom. The Morgan fingerprint density at radius 1 is 1.39 bits per heavy atom. The minimum atomic E-state index is -0.0222. The van der Waals surface area contributed by atoms with E-state index >= 15 is 0 Å². The zero-order valence-electron chi connectivity index (χ0n) is 10.5. The van der Waals surface area contributed by atoms with E-state index in [1.807, 2.05) is 6.92 Å². The second-order valence-electron chi connectivity index (χ2n) is 4.16. The van der Waals surface area contributed by atoms with Crippen LogP contribution in [-0.2, 0) is 16.1 Å². The van der Waals surface area contributed by atoms with E-state index in [0.29, 0.717) is 6.54 Å². The average molecular weight is 268 g/mol. The third-order valence-corrected chi connectivity index (χ3v) is 3.65. The Kier molecular flexibility index (Phi) is 3.81. The molecule has 1 saturated heterocycles. The Labute approximate surface area is 110 Å². The Bertz CT molecular complexity index is 460. The lowest BCUT2D eigenvalue weighted by Gasteiger charge is -2.31. The summed E-state index contributed by atoms with van der Waals surface area (Å²) in [4.78, 5) is 31.6. The van der Waals surface area contributed by atoms with Gasteiger partial charge in [0.2, 0.25) is 11.8 Å². The van der Waals surface area contributed by atoms with E-state index < -0.39 is 0 Å². The number of carbonyl (C=O) groups is 2. The van der Waals surface area contributed by atoms with Crippen molar-refractivity contribution in [3.8, 4) is 0 Å². The average Bonchev–Trinajstić information content (AvgIpc) is 2.74. The zero-order chi connectivity index (χ0) is 13.1. The predicted octanol–water partition coefficient (Wildman–Crippen LogP) is 0.375. The van der Waals surface area contributed by atoms with Crippen molar-refractivity contribution in [2.45, 2.75) is 13.5 Å². The van der Waals surface area contributed by atoms with Gasteiger partial charge in [0.15, 0.2) is 5.13 Å². The SMILES string of the molecule is CCNc1ncc(CN2CC(=O)N(C)CC2=O)s1. The molecule has 18 heavy (non-hydrogen) atoms. The summed E-state index contributed by atoms with van der Waals surface area (Å²) in [7, 11) is 1.65. The van der Waals surface area contributed by atoms with E-state index in [1.165, 1.54) is 16.2 Å². The molecule has 0 aromatic carbocycles. The van der Waals surface area contributed by atoms with E-state index in [0.717, 1.165) is 16.6 Å². The van der Waals surface area contributed by atoms with Crippen LogP contribution in [0.5, 0.6) is 0 Å². The van der Waals surface area contributed by atoms with Crippen LogP contribution in [-0.4, -0.2) is 53.3 Å². The number of hydrogen-bond donors (Lipinski definition) is 1. The molecule has 6 nitrogen and oxygen atoms in total. The summed E-state index contributed by atoms with van der Waals surface area (Å²) in [6.45, 7) is 3.60. The summed E-state index contributed by atoms with van der Waals surface area (Å²) in [5, 5.41) is 3.97. The number of rotatable bonds is 4. The Balaban J connectivity index is 1.99. The number of piperazine rings is 1. The number of anilines is 1. The third-order valence-electron chi connectivity index (χ3n) is 2.71. The van der Waals surface area contributed by atoms with Gasteiger partial charge in [-0.25, -0.2) is 4.98 Å². The molecule has 0 radical (unpaired) electrons. The van der Waals surface area contributed by atoms with E-state index in [9.17, 15) is 9.59 Å². The fraction of sp³-hybridized carbons (Fsp3) is 0.545. The maximum Gasteiger partial charge on any atom is 0.242 e. The van der Waals surface area contributed by atoms with Gasteiger partial charge >= 0.3 is 0 Å². The number of amides is 2. The topological polar surface area (TPSA) is 65.5 Å². The van der Waals surface area contributed by atoms with E-state index in [-0.39, 0.29) is 24.9 Å². The molecule has 1 aromatic rings. The molecule has 1 aromatic heterocycles. The van der Waals surface area contributed by atoms with Crippen molar-refractivity contribution in [2.24, 2.45) is 0 Å². The number of aromatic nitrogens is 1. The molecule has 7 heteroatoms. The number of nitrogens with one attached hydrogen (secondary N) is 1. The second-order valence-corrected chi connectivity index (χ2v) is 5.28.